The van der Waals surface area contributed by atoms with Gasteiger partial charge in [0.2, 0.25) is 5.91 Å². The molecular weight excluding hydrogens is 216 g/mol. The van der Waals surface area contributed by atoms with Gasteiger partial charge >= 0.3 is 5.97 Å². The minimum absolute atomic E-state index is 0.302. The van der Waals surface area contributed by atoms with Crippen LogP contribution in [0.15, 0.2) is 0 Å². The van der Waals surface area contributed by atoms with Crippen molar-refractivity contribution in [1.82, 2.24) is 25.9 Å². The number of carboxylic acid groups (broad SMARTS) is 1. The molecule has 0 aliphatic carbocycles. The minimum Gasteiger partial charge on any atom is -0.481 e. The van der Waals surface area contributed by atoms with Crippen LogP contribution >= 0.6 is 0 Å². The molecular formula is C7H12N6O3. The van der Waals surface area contributed by atoms with Crippen LogP contribution in [-0.2, 0) is 9.59 Å². The Bertz CT molecular complexity index is 364. The zero-order valence-electron chi connectivity index (χ0n) is 8.54. The number of carboxylic acids is 1. The van der Waals surface area contributed by atoms with Crippen LogP contribution in [-0.4, -0.2) is 43.6 Å². The lowest BCUT2D eigenvalue weighted by atomic mass is 10.2. The number of hydrogen-bond acceptors (Lipinski definition) is 6. The number of aliphatic carboxylic acids is 1. The van der Waals surface area contributed by atoms with Crippen LogP contribution in [0.3, 0.4) is 0 Å². The number of hydrogen-bond donors (Lipinski definition) is 4. The van der Waals surface area contributed by atoms with Gasteiger partial charge in [0.1, 0.15) is 0 Å². The normalized spacial score (nSPS) is 14.1. The molecule has 0 saturated carbocycles. The van der Waals surface area contributed by atoms with Crippen molar-refractivity contribution in [3.63, 3.8) is 0 Å². The predicted octanol–water partition coefficient (Wildman–Crippen LogP) is -1.82. The first kappa shape index (κ1) is 12.0. The Labute approximate surface area is 90.4 Å². The van der Waals surface area contributed by atoms with Gasteiger partial charge in [-0.25, -0.2) is 0 Å². The largest absolute Gasteiger partial charge is 0.481 e. The SMILES string of the molecule is CC(NC(=O)C(N)CC(=O)O)c1nn[nH]n1. The molecule has 2 unspecified atom stereocenters. The second kappa shape index (κ2) is 5.16. The lowest BCUT2D eigenvalue weighted by Gasteiger charge is -2.13. The highest BCUT2D eigenvalue weighted by atomic mass is 16.4. The maximum absolute atomic E-state index is 11.4. The summed E-state index contributed by atoms with van der Waals surface area (Å²) in [5, 5.41) is 23.8. The van der Waals surface area contributed by atoms with Gasteiger partial charge in [-0.05, 0) is 6.92 Å². The van der Waals surface area contributed by atoms with E-state index in [4.69, 9.17) is 10.8 Å². The number of aromatic nitrogens is 4. The maximum Gasteiger partial charge on any atom is 0.305 e. The van der Waals surface area contributed by atoms with Crippen molar-refractivity contribution >= 4 is 11.9 Å². The van der Waals surface area contributed by atoms with E-state index in [1.54, 1.807) is 6.92 Å². The number of aromatic amines is 1. The molecule has 16 heavy (non-hydrogen) atoms. The Morgan fingerprint density at radius 2 is 2.31 bits per heavy atom. The zero-order valence-corrected chi connectivity index (χ0v) is 8.54. The van der Waals surface area contributed by atoms with E-state index in [0.29, 0.717) is 5.82 Å². The highest BCUT2D eigenvalue weighted by Gasteiger charge is 2.20. The molecule has 1 aromatic rings. The van der Waals surface area contributed by atoms with Gasteiger partial charge < -0.3 is 16.2 Å². The van der Waals surface area contributed by atoms with Gasteiger partial charge in [0.15, 0.2) is 5.82 Å². The third-order valence-corrected chi connectivity index (χ3v) is 1.84. The molecule has 0 aliphatic rings. The van der Waals surface area contributed by atoms with Gasteiger partial charge in [0.25, 0.3) is 0 Å². The van der Waals surface area contributed by atoms with Crippen LogP contribution < -0.4 is 11.1 Å². The number of nitrogens with two attached hydrogens (primary N) is 1. The summed E-state index contributed by atoms with van der Waals surface area (Å²) in [5.74, 6) is -1.40. The summed E-state index contributed by atoms with van der Waals surface area (Å²) < 4.78 is 0. The molecule has 1 rings (SSSR count). The number of amides is 1. The van der Waals surface area contributed by atoms with E-state index in [0.717, 1.165) is 0 Å². The van der Waals surface area contributed by atoms with Crippen LogP contribution in [0.4, 0.5) is 0 Å². The van der Waals surface area contributed by atoms with Crippen LogP contribution in [0.2, 0.25) is 0 Å². The Morgan fingerprint density at radius 1 is 1.62 bits per heavy atom. The van der Waals surface area contributed by atoms with Gasteiger partial charge in [-0.15, -0.1) is 10.2 Å². The summed E-state index contributed by atoms with van der Waals surface area (Å²) in [4.78, 5) is 21.7. The van der Waals surface area contributed by atoms with Gasteiger partial charge in [-0.2, -0.15) is 5.21 Å². The fourth-order valence-electron chi connectivity index (χ4n) is 1.02. The molecule has 0 aromatic carbocycles. The molecule has 0 fully saturated rings. The average molecular weight is 228 g/mol. The molecule has 2 atom stereocenters. The standard InChI is InChI=1S/C7H12N6O3/c1-3(6-10-12-13-11-6)9-7(16)4(8)2-5(14)15/h3-4H,2,8H2,1H3,(H,9,16)(H,14,15)(H,10,11,12,13). The van der Waals surface area contributed by atoms with Crippen molar-refractivity contribution in [2.24, 2.45) is 5.73 Å². The Morgan fingerprint density at radius 3 is 2.81 bits per heavy atom. The van der Waals surface area contributed by atoms with Crippen LogP contribution in [0, 0.1) is 0 Å². The van der Waals surface area contributed by atoms with Crippen LogP contribution in [0.1, 0.15) is 25.2 Å². The van der Waals surface area contributed by atoms with Crippen molar-refractivity contribution in [3.8, 4) is 0 Å². The number of carbonyl (C=O) groups is 2. The molecule has 9 nitrogen and oxygen atoms in total. The summed E-state index contributed by atoms with van der Waals surface area (Å²) >= 11 is 0. The molecule has 1 aromatic heterocycles. The van der Waals surface area contributed by atoms with Gasteiger partial charge in [-0.3, -0.25) is 9.59 Å². The lowest BCUT2D eigenvalue weighted by Crippen LogP contribution is -2.43. The maximum atomic E-state index is 11.4. The number of H-pyrrole nitrogens is 1. The fraction of sp³-hybridized carbons (Fsp3) is 0.571. The molecule has 0 bridgehead atoms. The molecule has 88 valence electrons. The van der Waals surface area contributed by atoms with Crippen LogP contribution in [0.5, 0.6) is 0 Å². The Kier molecular flexibility index (Phi) is 3.89. The summed E-state index contributed by atoms with van der Waals surface area (Å²) in [5.41, 5.74) is 5.36. The van der Waals surface area contributed by atoms with Crippen molar-refractivity contribution in [2.75, 3.05) is 0 Å². The second-order valence-corrected chi connectivity index (χ2v) is 3.20. The summed E-state index contributed by atoms with van der Waals surface area (Å²) in [6, 6.07) is -1.57. The first-order valence-electron chi connectivity index (χ1n) is 4.51. The van der Waals surface area contributed by atoms with Gasteiger partial charge in [0, 0.05) is 0 Å². The quantitative estimate of drug-likeness (QED) is 0.463. The molecule has 0 saturated heterocycles. The molecule has 0 radical (unpaired) electrons. The van der Waals surface area contributed by atoms with Crippen molar-refractivity contribution in [3.05, 3.63) is 5.82 Å². The number of rotatable bonds is 5. The summed E-state index contributed by atoms with van der Waals surface area (Å²) in [7, 11) is 0. The van der Waals surface area contributed by atoms with E-state index in [1.165, 1.54) is 0 Å². The molecule has 0 spiro atoms. The highest BCUT2D eigenvalue weighted by molar-refractivity contribution is 5.86. The molecule has 5 N–H and O–H groups in total. The van der Waals surface area contributed by atoms with Crippen molar-refractivity contribution in [2.45, 2.75) is 25.4 Å². The third kappa shape index (κ3) is 3.28. The number of carbonyl (C=O) groups excluding carboxylic acids is 1. The first-order valence-corrected chi connectivity index (χ1v) is 4.51. The average Bonchev–Trinajstić information content (AvgIpc) is 2.68. The predicted molar refractivity (Wildman–Crippen MR) is 51.0 cm³/mol. The number of tetrazole rings is 1. The zero-order chi connectivity index (χ0) is 12.1. The molecule has 1 amide bonds. The van der Waals surface area contributed by atoms with Gasteiger partial charge in [0.05, 0.1) is 18.5 Å². The summed E-state index contributed by atoms with van der Waals surface area (Å²) in [6.45, 7) is 1.64. The first-order chi connectivity index (χ1) is 7.50. The topological polar surface area (TPSA) is 147 Å². The third-order valence-electron chi connectivity index (χ3n) is 1.84. The van der Waals surface area contributed by atoms with E-state index in [-0.39, 0.29) is 0 Å². The Hall–Kier alpha value is -2.03. The smallest absolute Gasteiger partial charge is 0.305 e. The summed E-state index contributed by atoms with van der Waals surface area (Å²) in [6.07, 6.45) is -0.426. The van der Waals surface area contributed by atoms with Gasteiger partial charge in [-0.1, -0.05) is 5.21 Å². The lowest BCUT2D eigenvalue weighted by molar-refractivity contribution is -0.139. The second-order valence-electron chi connectivity index (χ2n) is 3.20. The van der Waals surface area contributed by atoms with Crippen molar-refractivity contribution in [1.29, 1.82) is 0 Å². The highest BCUT2D eigenvalue weighted by Crippen LogP contribution is 2.03. The molecule has 0 aliphatic heterocycles. The van der Waals surface area contributed by atoms with Crippen molar-refractivity contribution < 1.29 is 14.7 Å². The fourth-order valence-corrected chi connectivity index (χ4v) is 1.02. The van der Waals surface area contributed by atoms with E-state index >= 15 is 0 Å². The molecule has 1 heterocycles. The Balaban J connectivity index is 2.48. The molecule has 9 heteroatoms. The number of nitrogens with one attached hydrogen (secondary N) is 2. The minimum atomic E-state index is -1.13. The van der Waals surface area contributed by atoms with E-state index in [2.05, 4.69) is 25.9 Å². The van der Waals surface area contributed by atoms with E-state index < -0.39 is 30.4 Å². The van der Waals surface area contributed by atoms with E-state index in [1.807, 2.05) is 0 Å². The monoisotopic (exact) mass is 228 g/mol. The van der Waals surface area contributed by atoms with Crippen LogP contribution in [0.25, 0.3) is 0 Å². The van der Waals surface area contributed by atoms with E-state index in [9.17, 15) is 9.59 Å². The number of nitrogens with zero attached hydrogens (tertiary/aromatic N) is 3.